The number of carbonyl (C=O) groups is 1. The molecule has 0 spiro atoms. The molecule has 2 rings (SSSR count). The fourth-order valence-electron chi connectivity index (χ4n) is 2.46. The molecule has 2 aromatic rings. The minimum Gasteiger partial charge on any atom is -0.352 e. The van der Waals surface area contributed by atoms with E-state index in [0.29, 0.717) is 11.5 Å². The Hall–Kier alpha value is -1.69. The molecule has 1 heterocycles. The summed E-state index contributed by atoms with van der Waals surface area (Å²) in [4.78, 5) is 12.5. The molecule has 5 nitrogen and oxygen atoms in total. The highest BCUT2D eigenvalue weighted by atomic mass is 79.9. The van der Waals surface area contributed by atoms with Crippen molar-refractivity contribution >= 4 is 21.8 Å². The second-order valence-corrected chi connectivity index (χ2v) is 6.51. The Balaban J connectivity index is 2.05. The first kappa shape index (κ1) is 17.7. The molecule has 1 aromatic carbocycles. The van der Waals surface area contributed by atoms with Crippen molar-refractivity contribution in [2.45, 2.75) is 39.5 Å². The molecule has 6 heteroatoms. The molecule has 1 amide bonds. The van der Waals surface area contributed by atoms with E-state index in [1.165, 1.54) is 12.8 Å². The average molecular weight is 379 g/mol. The van der Waals surface area contributed by atoms with Gasteiger partial charge in [-0.3, -0.25) is 9.36 Å². The van der Waals surface area contributed by atoms with Crippen LogP contribution in [0.25, 0.3) is 5.69 Å². The lowest BCUT2D eigenvalue weighted by atomic mass is 9.99. The van der Waals surface area contributed by atoms with Crippen LogP contribution in [0.5, 0.6) is 0 Å². The standard InChI is InChI=1S/C17H23BrN4O/c1-3-5-6-13(4-2)10-19-17(23)15-9-14(7-8-16(15)18)22-11-20-21-12-22/h7-9,11-13H,3-6,10H2,1-2H3,(H,19,23). The predicted molar refractivity (Wildman–Crippen MR) is 94.7 cm³/mol. The SMILES string of the molecule is CCCCC(CC)CNC(=O)c1cc(-n2cnnc2)ccc1Br. The second-order valence-electron chi connectivity index (χ2n) is 5.66. The number of carbonyl (C=O) groups excluding carboxylic acids is 1. The summed E-state index contributed by atoms with van der Waals surface area (Å²) < 4.78 is 2.56. The highest BCUT2D eigenvalue weighted by Crippen LogP contribution is 2.21. The molecule has 0 aliphatic carbocycles. The molecule has 1 aromatic heterocycles. The zero-order valence-corrected chi connectivity index (χ0v) is 15.2. The largest absolute Gasteiger partial charge is 0.352 e. The van der Waals surface area contributed by atoms with Gasteiger partial charge in [0.25, 0.3) is 5.91 Å². The van der Waals surface area contributed by atoms with E-state index in [9.17, 15) is 4.79 Å². The van der Waals surface area contributed by atoms with E-state index in [-0.39, 0.29) is 5.91 Å². The van der Waals surface area contributed by atoms with Crippen molar-refractivity contribution in [2.24, 2.45) is 5.92 Å². The van der Waals surface area contributed by atoms with Crippen LogP contribution in [-0.2, 0) is 0 Å². The summed E-state index contributed by atoms with van der Waals surface area (Å²) in [6.07, 6.45) is 7.88. The average Bonchev–Trinajstić information content (AvgIpc) is 3.09. The Morgan fingerprint density at radius 1 is 1.30 bits per heavy atom. The summed E-state index contributed by atoms with van der Waals surface area (Å²) in [5.74, 6) is 0.487. The summed E-state index contributed by atoms with van der Waals surface area (Å²) in [6.45, 7) is 5.09. The van der Waals surface area contributed by atoms with Gasteiger partial charge in [0.2, 0.25) is 0 Å². The first-order valence-electron chi connectivity index (χ1n) is 8.08. The van der Waals surface area contributed by atoms with Gasteiger partial charge < -0.3 is 5.32 Å². The first-order chi connectivity index (χ1) is 11.2. The molecule has 0 fully saturated rings. The monoisotopic (exact) mass is 378 g/mol. The Morgan fingerprint density at radius 2 is 2.04 bits per heavy atom. The lowest BCUT2D eigenvalue weighted by Crippen LogP contribution is -2.29. The number of amides is 1. The number of halogens is 1. The first-order valence-corrected chi connectivity index (χ1v) is 8.87. The molecular formula is C17H23BrN4O. The van der Waals surface area contributed by atoms with E-state index < -0.39 is 0 Å². The lowest BCUT2D eigenvalue weighted by Gasteiger charge is -2.16. The van der Waals surface area contributed by atoms with Gasteiger partial charge in [0.05, 0.1) is 5.56 Å². The van der Waals surface area contributed by atoms with E-state index in [4.69, 9.17) is 0 Å². The zero-order chi connectivity index (χ0) is 16.7. The van der Waals surface area contributed by atoms with E-state index >= 15 is 0 Å². The molecular weight excluding hydrogens is 356 g/mol. The Labute approximate surface area is 145 Å². The van der Waals surface area contributed by atoms with Crippen LogP contribution in [-0.4, -0.2) is 27.2 Å². The van der Waals surface area contributed by atoms with Crippen LogP contribution in [0.15, 0.2) is 35.3 Å². The molecule has 1 unspecified atom stereocenters. The highest BCUT2D eigenvalue weighted by Gasteiger charge is 2.13. The van der Waals surface area contributed by atoms with Gasteiger partial charge in [0.15, 0.2) is 0 Å². The molecule has 0 saturated carbocycles. The van der Waals surface area contributed by atoms with Crippen molar-refractivity contribution in [1.29, 1.82) is 0 Å². The summed E-state index contributed by atoms with van der Waals surface area (Å²) in [7, 11) is 0. The normalized spacial score (nSPS) is 12.1. The third-order valence-corrected chi connectivity index (χ3v) is 4.70. The van der Waals surface area contributed by atoms with Crippen LogP contribution in [0.4, 0.5) is 0 Å². The summed E-state index contributed by atoms with van der Waals surface area (Å²) in [5.41, 5.74) is 1.49. The topological polar surface area (TPSA) is 59.8 Å². The lowest BCUT2D eigenvalue weighted by molar-refractivity contribution is 0.0945. The third kappa shape index (κ3) is 4.89. The number of aromatic nitrogens is 3. The van der Waals surface area contributed by atoms with Gasteiger partial charge >= 0.3 is 0 Å². The maximum absolute atomic E-state index is 12.5. The van der Waals surface area contributed by atoms with Crippen LogP contribution >= 0.6 is 15.9 Å². The quantitative estimate of drug-likeness (QED) is 0.755. The molecule has 0 saturated heterocycles. The van der Waals surface area contributed by atoms with Gasteiger partial charge in [0, 0.05) is 16.7 Å². The van der Waals surface area contributed by atoms with E-state index in [1.54, 1.807) is 17.2 Å². The van der Waals surface area contributed by atoms with Gasteiger partial charge in [-0.2, -0.15) is 0 Å². The molecule has 124 valence electrons. The van der Waals surface area contributed by atoms with Crippen molar-refractivity contribution in [3.8, 4) is 5.69 Å². The molecule has 0 aliphatic heterocycles. The Morgan fingerprint density at radius 3 is 2.70 bits per heavy atom. The molecule has 1 N–H and O–H groups in total. The van der Waals surface area contributed by atoms with Crippen molar-refractivity contribution in [1.82, 2.24) is 20.1 Å². The van der Waals surface area contributed by atoms with Crippen LogP contribution in [0.3, 0.4) is 0 Å². The van der Waals surface area contributed by atoms with Gasteiger partial charge in [-0.05, 0) is 46.5 Å². The Kier molecular flexibility index (Phi) is 6.77. The van der Waals surface area contributed by atoms with Crippen molar-refractivity contribution in [3.05, 3.63) is 40.9 Å². The van der Waals surface area contributed by atoms with Crippen LogP contribution in [0.1, 0.15) is 49.9 Å². The fraction of sp³-hybridized carbons (Fsp3) is 0.471. The van der Waals surface area contributed by atoms with E-state index in [2.05, 4.69) is 45.3 Å². The van der Waals surface area contributed by atoms with Crippen molar-refractivity contribution in [2.75, 3.05) is 6.54 Å². The van der Waals surface area contributed by atoms with Gasteiger partial charge in [-0.25, -0.2) is 0 Å². The molecule has 0 bridgehead atoms. The molecule has 1 atom stereocenters. The van der Waals surface area contributed by atoms with Crippen LogP contribution in [0, 0.1) is 5.92 Å². The number of benzene rings is 1. The van der Waals surface area contributed by atoms with Gasteiger partial charge in [-0.1, -0.05) is 33.1 Å². The maximum Gasteiger partial charge on any atom is 0.252 e. The number of hydrogen-bond donors (Lipinski definition) is 1. The summed E-state index contributed by atoms with van der Waals surface area (Å²) in [6, 6.07) is 5.63. The molecule has 0 aliphatic rings. The second kappa shape index (κ2) is 8.82. The Bertz CT molecular complexity index is 628. The number of rotatable bonds is 8. The smallest absolute Gasteiger partial charge is 0.252 e. The summed E-state index contributed by atoms with van der Waals surface area (Å²) >= 11 is 3.46. The minimum atomic E-state index is -0.0539. The zero-order valence-electron chi connectivity index (χ0n) is 13.6. The highest BCUT2D eigenvalue weighted by molar-refractivity contribution is 9.10. The van der Waals surface area contributed by atoms with E-state index in [1.807, 2.05) is 18.2 Å². The van der Waals surface area contributed by atoms with Gasteiger partial charge in [0.1, 0.15) is 12.7 Å². The minimum absolute atomic E-state index is 0.0539. The maximum atomic E-state index is 12.5. The third-order valence-electron chi connectivity index (χ3n) is 4.01. The summed E-state index contributed by atoms with van der Waals surface area (Å²) in [5, 5.41) is 10.7. The fourth-order valence-corrected chi connectivity index (χ4v) is 2.88. The number of unbranched alkanes of at least 4 members (excludes halogenated alkanes) is 1. The number of nitrogens with zero attached hydrogens (tertiary/aromatic N) is 3. The molecule has 0 radical (unpaired) electrons. The number of nitrogens with one attached hydrogen (secondary N) is 1. The van der Waals surface area contributed by atoms with Crippen molar-refractivity contribution in [3.63, 3.8) is 0 Å². The van der Waals surface area contributed by atoms with Crippen LogP contribution in [0.2, 0.25) is 0 Å². The predicted octanol–water partition coefficient (Wildman–Crippen LogP) is 3.98. The number of hydrogen-bond acceptors (Lipinski definition) is 3. The van der Waals surface area contributed by atoms with Gasteiger partial charge in [-0.15, -0.1) is 10.2 Å². The van der Waals surface area contributed by atoms with Crippen molar-refractivity contribution < 1.29 is 4.79 Å². The molecule has 23 heavy (non-hydrogen) atoms. The van der Waals surface area contributed by atoms with E-state index in [0.717, 1.165) is 29.5 Å². The van der Waals surface area contributed by atoms with Crippen LogP contribution < -0.4 is 5.32 Å².